The van der Waals surface area contributed by atoms with Crippen LogP contribution in [0.4, 0.5) is 10.5 Å². The molecule has 30 heavy (non-hydrogen) atoms. The van der Waals surface area contributed by atoms with Crippen molar-refractivity contribution in [2.24, 2.45) is 11.8 Å². The number of nitrogens with one attached hydrogen (secondary N) is 1. The second-order valence-corrected chi connectivity index (χ2v) is 8.64. The number of carbonyl (C=O) groups is 4. The largest absolute Gasteiger partial charge is 0.453 e. The molecule has 0 aliphatic carbocycles. The maximum absolute atomic E-state index is 13.6. The summed E-state index contributed by atoms with van der Waals surface area (Å²) in [6.45, 7) is 2.69. The number of hydrogen-bond acceptors (Lipinski definition) is 6. The summed E-state index contributed by atoms with van der Waals surface area (Å²) < 4.78 is 4.85. The fraction of sp³-hybridized carbons (Fsp3) is 0.500. The lowest BCUT2D eigenvalue weighted by Crippen LogP contribution is -2.62. The lowest BCUT2D eigenvalue weighted by Gasteiger charge is -2.44. The van der Waals surface area contributed by atoms with Gasteiger partial charge in [-0.05, 0) is 18.6 Å². The predicted molar refractivity (Wildman–Crippen MR) is 106 cm³/mol. The third kappa shape index (κ3) is 2.06. The first kappa shape index (κ1) is 19.3. The number of methoxy groups -OCH3 is 1. The van der Waals surface area contributed by atoms with Gasteiger partial charge >= 0.3 is 6.09 Å². The first-order valence-corrected chi connectivity index (χ1v) is 10.1. The fourth-order valence-corrected chi connectivity index (χ4v) is 5.94. The van der Waals surface area contributed by atoms with E-state index < -0.39 is 29.5 Å². The number of rotatable bonds is 0. The SMILES string of the molecule is COC(=O)N1CCN2[C@H](C1)C1C(=O)N(C)C(=O)[C@@H]1[C@@]21C(=O)Nc2c1ccc(Cl)c2C. The maximum Gasteiger partial charge on any atom is 0.409 e. The molecule has 0 bridgehead atoms. The van der Waals surface area contributed by atoms with Crippen molar-refractivity contribution in [2.75, 3.05) is 39.1 Å². The van der Waals surface area contributed by atoms with Crippen molar-refractivity contribution in [1.82, 2.24) is 14.7 Å². The summed E-state index contributed by atoms with van der Waals surface area (Å²) in [6.07, 6.45) is -0.490. The Morgan fingerprint density at radius 3 is 2.67 bits per heavy atom. The van der Waals surface area contributed by atoms with E-state index in [0.717, 1.165) is 10.5 Å². The van der Waals surface area contributed by atoms with Crippen LogP contribution in [0.3, 0.4) is 0 Å². The Kier molecular flexibility index (Phi) is 3.98. The average molecular weight is 433 g/mol. The number of ether oxygens (including phenoxy) is 1. The van der Waals surface area contributed by atoms with Gasteiger partial charge in [0, 0.05) is 43.3 Å². The minimum Gasteiger partial charge on any atom is -0.453 e. The topological polar surface area (TPSA) is 99.3 Å². The molecule has 0 radical (unpaired) electrons. The Bertz CT molecular complexity index is 1030. The van der Waals surface area contributed by atoms with Crippen molar-refractivity contribution < 1.29 is 23.9 Å². The van der Waals surface area contributed by atoms with Crippen LogP contribution in [0.5, 0.6) is 0 Å². The van der Waals surface area contributed by atoms with E-state index in [-0.39, 0.29) is 24.3 Å². The van der Waals surface area contributed by atoms with Gasteiger partial charge in [-0.2, -0.15) is 0 Å². The summed E-state index contributed by atoms with van der Waals surface area (Å²) in [5.74, 6) is -2.61. The molecule has 4 atom stereocenters. The van der Waals surface area contributed by atoms with Crippen molar-refractivity contribution in [3.05, 3.63) is 28.3 Å². The molecule has 4 aliphatic heterocycles. The van der Waals surface area contributed by atoms with E-state index >= 15 is 0 Å². The van der Waals surface area contributed by atoms with Crippen molar-refractivity contribution in [3.8, 4) is 0 Å². The quantitative estimate of drug-likeness (QED) is 0.609. The van der Waals surface area contributed by atoms with E-state index in [1.807, 2.05) is 11.8 Å². The summed E-state index contributed by atoms with van der Waals surface area (Å²) in [5, 5.41) is 3.44. The third-order valence-corrected chi connectivity index (χ3v) is 7.54. The Hall–Kier alpha value is -2.65. The third-order valence-electron chi connectivity index (χ3n) is 7.13. The predicted octanol–water partition coefficient (Wildman–Crippen LogP) is 0.793. The van der Waals surface area contributed by atoms with Gasteiger partial charge in [0.2, 0.25) is 17.7 Å². The Labute approximate surface area is 177 Å². The lowest BCUT2D eigenvalue weighted by atomic mass is 9.76. The second kappa shape index (κ2) is 6.18. The van der Waals surface area contributed by atoms with Crippen LogP contribution in [0.1, 0.15) is 11.1 Å². The fourth-order valence-electron chi connectivity index (χ4n) is 5.78. The summed E-state index contributed by atoms with van der Waals surface area (Å²) in [5.41, 5.74) is 0.671. The van der Waals surface area contributed by atoms with Gasteiger partial charge in [-0.25, -0.2) is 4.79 Å². The number of likely N-dealkylation sites (tertiary alicyclic amines) is 1. The van der Waals surface area contributed by atoms with Gasteiger partial charge in [0.1, 0.15) is 5.54 Å². The zero-order valence-electron chi connectivity index (χ0n) is 16.8. The Balaban J connectivity index is 1.71. The smallest absolute Gasteiger partial charge is 0.409 e. The first-order valence-electron chi connectivity index (χ1n) is 9.77. The Morgan fingerprint density at radius 1 is 1.23 bits per heavy atom. The minimum atomic E-state index is -1.31. The molecule has 4 amide bonds. The van der Waals surface area contributed by atoms with Gasteiger partial charge in [0.25, 0.3) is 0 Å². The van der Waals surface area contributed by atoms with Crippen molar-refractivity contribution in [2.45, 2.75) is 18.5 Å². The van der Waals surface area contributed by atoms with Crippen LogP contribution in [0, 0.1) is 18.8 Å². The highest BCUT2D eigenvalue weighted by Crippen LogP contribution is 2.59. The molecule has 3 fully saturated rings. The highest BCUT2D eigenvalue weighted by molar-refractivity contribution is 6.32. The van der Waals surface area contributed by atoms with Crippen LogP contribution >= 0.6 is 11.6 Å². The van der Waals surface area contributed by atoms with Crippen LogP contribution in [0.15, 0.2) is 12.1 Å². The minimum absolute atomic E-state index is 0.206. The molecule has 1 aromatic rings. The van der Waals surface area contributed by atoms with Gasteiger partial charge in [-0.3, -0.25) is 24.2 Å². The van der Waals surface area contributed by atoms with E-state index in [1.165, 1.54) is 19.1 Å². The number of nitrogens with zero attached hydrogens (tertiary/aromatic N) is 3. The Morgan fingerprint density at radius 2 is 1.97 bits per heavy atom. The number of hydrogen-bond donors (Lipinski definition) is 1. The van der Waals surface area contributed by atoms with E-state index in [0.29, 0.717) is 29.4 Å². The van der Waals surface area contributed by atoms with Crippen molar-refractivity contribution in [3.63, 3.8) is 0 Å². The molecule has 4 aliphatic rings. The number of imide groups is 1. The summed E-state index contributed by atoms with van der Waals surface area (Å²) >= 11 is 6.28. The van der Waals surface area contributed by atoms with Crippen LogP contribution in [0.25, 0.3) is 0 Å². The maximum atomic E-state index is 13.6. The van der Waals surface area contributed by atoms with E-state index in [9.17, 15) is 19.2 Å². The number of piperazine rings is 1. The first-order chi connectivity index (χ1) is 14.2. The molecule has 4 heterocycles. The molecule has 3 saturated heterocycles. The zero-order valence-corrected chi connectivity index (χ0v) is 17.5. The number of halogens is 1. The molecular weight excluding hydrogens is 412 g/mol. The zero-order chi connectivity index (χ0) is 21.5. The molecule has 1 spiro atoms. The second-order valence-electron chi connectivity index (χ2n) is 8.23. The molecule has 1 unspecified atom stereocenters. The molecule has 9 nitrogen and oxygen atoms in total. The summed E-state index contributed by atoms with van der Waals surface area (Å²) in [4.78, 5) is 56.6. The summed E-state index contributed by atoms with van der Waals surface area (Å²) in [6, 6.07) is 3.01. The van der Waals surface area contributed by atoms with Crippen LogP contribution in [0.2, 0.25) is 5.02 Å². The van der Waals surface area contributed by atoms with Crippen LogP contribution in [-0.2, 0) is 24.7 Å². The molecule has 1 aromatic carbocycles. The van der Waals surface area contributed by atoms with Crippen LogP contribution in [-0.4, -0.2) is 78.3 Å². The molecule has 0 aromatic heterocycles. The van der Waals surface area contributed by atoms with E-state index in [1.54, 1.807) is 12.1 Å². The van der Waals surface area contributed by atoms with Crippen LogP contribution < -0.4 is 5.32 Å². The van der Waals surface area contributed by atoms with Gasteiger partial charge in [-0.15, -0.1) is 0 Å². The number of amides is 4. The summed E-state index contributed by atoms with van der Waals surface area (Å²) in [7, 11) is 2.75. The standard InChI is InChI=1S/C20H21ClN4O5/c1-9-11(21)5-4-10-15(9)22-18(28)20(10)14-13(16(26)23(2)17(14)27)12-8-24(19(29)30-3)6-7-25(12)20/h4-5,12-14H,6-8H2,1-3H3,(H,22,28)/t12-,13?,14-,20+/m1/s1. The van der Waals surface area contributed by atoms with Gasteiger partial charge in [0.15, 0.2) is 0 Å². The molecule has 5 rings (SSSR count). The normalized spacial score (nSPS) is 32.4. The monoisotopic (exact) mass is 432 g/mol. The average Bonchev–Trinajstić information content (AvgIpc) is 3.29. The number of anilines is 1. The van der Waals surface area contributed by atoms with E-state index in [2.05, 4.69) is 5.32 Å². The van der Waals surface area contributed by atoms with Crippen molar-refractivity contribution in [1.29, 1.82) is 0 Å². The van der Waals surface area contributed by atoms with Gasteiger partial charge < -0.3 is 15.0 Å². The van der Waals surface area contributed by atoms with Gasteiger partial charge in [0.05, 0.1) is 24.6 Å². The molecule has 1 N–H and O–H groups in total. The van der Waals surface area contributed by atoms with E-state index in [4.69, 9.17) is 16.3 Å². The molecule has 158 valence electrons. The number of fused-ring (bicyclic) bond motifs is 7. The molecule has 0 saturated carbocycles. The van der Waals surface area contributed by atoms with Gasteiger partial charge in [-0.1, -0.05) is 17.7 Å². The number of carbonyl (C=O) groups excluding carboxylic acids is 4. The highest BCUT2D eigenvalue weighted by atomic mass is 35.5. The highest BCUT2D eigenvalue weighted by Gasteiger charge is 2.74. The lowest BCUT2D eigenvalue weighted by molar-refractivity contribution is -0.146. The molecular formula is C20H21ClN4O5. The number of benzene rings is 1. The molecule has 10 heteroatoms. The van der Waals surface area contributed by atoms with Crippen molar-refractivity contribution >= 4 is 41.1 Å².